The molecule has 2 amide bonds. The van der Waals surface area contributed by atoms with Gasteiger partial charge in [0.15, 0.2) is 0 Å². The Morgan fingerprint density at radius 2 is 1.85 bits per heavy atom. The first kappa shape index (κ1) is 18.5. The van der Waals surface area contributed by atoms with Gasteiger partial charge in [-0.25, -0.2) is 14.0 Å². The van der Waals surface area contributed by atoms with Gasteiger partial charge in [-0.05, 0) is 32.8 Å². The predicted molar refractivity (Wildman–Crippen MR) is 93.4 cm³/mol. The van der Waals surface area contributed by atoms with Gasteiger partial charge in [0.2, 0.25) is 0 Å². The highest BCUT2D eigenvalue weighted by molar-refractivity contribution is 5.72. The second kappa shape index (κ2) is 7.13. The number of hydrogen-bond acceptors (Lipinski definition) is 4. The quantitative estimate of drug-likeness (QED) is 0.807. The third-order valence-electron chi connectivity index (χ3n) is 4.63. The van der Waals surface area contributed by atoms with E-state index in [2.05, 4.69) is 0 Å². The smallest absolute Gasteiger partial charge is 0.410 e. The first-order chi connectivity index (χ1) is 12.3. The summed E-state index contributed by atoms with van der Waals surface area (Å²) in [7, 11) is 0. The number of hydrogen-bond donors (Lipinski definition) is 0. The van der Waals surface area contributed by atoms with Gasteiger partial charge in [0, 0.05) is 6.54 Å². The van der Waals surface area contributed by atoms with E-state index in [1.165, 1.54) is 9.80 Å². The van der Waals surface area contributed by atoms with Gasteiger partial charge < -0.3 is 14.4 Å². The Balaban J connectivity index is 1.62. The highest BCUT2D eigenvalue weighted by Gasteiger charge is 2.53. The standard InChI is InChI=1S/C19H25FN2O4/c1-19(2,3)26-18(24)22-11-14(20)16-15(22)9-10-21(16)17(23)25-12-13-7-5-4-6-8-13/h4-8,14-16H,9-12H2,1-3H3. The number of carbonyl (C=O) groups excluding carboxylic acids is 2. The fraction of sp³-hybridized carbons (Fsp3) is 0.579. The average molecular weight is 364 g/mol. The van der Waals surface area contributed by atoms with Crippen LogP contribution in [-0.2, 0) is 16.1 Å². The molecular weight excluding hydrogens is 339 g/mol. The van der Waals surface area contributed by atoms with Crippen molar-refractivity contribution in [1.29, 1.82) is 0 Å². The van der Waals surface area contributed by atoms with E-state index >= 15 is 0 Å². The van der Waals surface area contributed by atoms with Crippen molar-refractivity contribution in [3.05, 3.63) is 35.9 Å². The van der Waals surface area contributed by atoms with Gasteiger partial charge in [-0.2, -0.15) is 0 Å². The maximum Gasteiger partial charge on any atom is 0.410 e. The highest BCUT2D eigenvalue weighted by atomic mass is 19.1. The van der Waals surface area contributed by atoms with Crippen molar-refractivity contribution >= 4 is 12.2 Å². The van der Waals surface area contributed by atoms with Gasteiger partial charge in [0.25, 0.3) is 0 Å². The molecule has 2 aliphatic rings. The van der Waals surface area contributed by atoms with E-state index in [0.717, 1.165) is 5.56 Å². The summed E-state index contributed by atoms with van der Waals surface area (Å²) in [5.74, 6) is 0. The number of likely N-dealkylation sites (tertiary alicyclic amines) is 2. The van der Waals surface area contributed by atoms with Crippen LogP contribution in [0.5, 0.6) is 0 Å². The van der Waals surface area contributed by atoms with E-state index in [4.69, 9.17) is 9.47 Å². The van der Waals surface area contributed by atoms with Gasteiger partial charge in [-0.15, -0.1) is 0 Å². The Morgan fingerprint density at radius 3 is 2.50 bits per heavy atom. The second-order valence-corrected chi connectivity index (χ2v) is 7.73. The van der Waals surface area contributed by atoms with Crippen molar-refractivity contribution in [2.24, 2.45) is 0 Å². The summed E-state index contributed by atoms with van der Waals surface area (Å²) >= 11 is 0. The molecule has 0 bridgehead atoms. The zero-order valence-electron chi connectivity index (χ0n) is 15.4. The normalized spacial score (nSPS) is 25.2. The molecule has 3 unspecified atom stereocenters. The van der Waals surface area contributed by atoms with Crippen LogP contribution in [0.25, 0.3) is 0 Å². The van der Waals surface area contributed by atoms with Crippen LogP contribution >= 0.6 is 0 Å². The lowest BCUT2D eigenvalue weighted by Gasteiger charge is -2.28. The summed E-state index contributed by atoms with van der Waals surface area (Å²) in [6, 6.07) is 8.28. The summed E-state index contributed by atoms with van der Waals surface area (Å²) in [4.78, 5) is 27.6. The van der Waals surface area contributed by atoms with E-state index in [0.29, 0.717) is 13.0 Å². The number of fused-ring (bicyclic) bond motifs is 1. The second-order valence-electron chi connectivity index (χ2n) is 7.73. The van der Waals surface area contributed by atoms with E-state index in [9.17, 15) is 14.0 Å². The van der Waals surface area contributed by atoms with Crippen LogP contribution in [0.15, 0.2) is 30.3 Å². The van der Waals surface area contributed by atoms with Crippen molar-refractivity contribution in [3.63, 3.8) is 0 Å². The number of benzene rings is 1. The van der Waals surface area contributed by atoms with Crippen LogP contribution in [0.4, 0.5) is 14.0 Å². The molecule has 2 heterocycles. The maximum absolute atomic E-state index is 14.6. The van der Waals surface area contributed by atoms with Crippen molar-refractivity contribution in [2.75, 3.05) is 13.1 Å². The van der Waals surface area contributed by atoms with Crippen LogP contribution < -0.4 is 0 Å². The molecule has 0 aliphatic carbocycles. The molecule has 0 saturated carbocycles. The van der Waals surface area contributed by atoms with Crippen LogP contribution in [0, 0.1) is 0 Å². The van der Waals surface area contributed by atoms with E-state index in [1.807, 2.05) is 30.3 Å². The Kier molecular flexibility index (Phi) is 5.07. The maximum atomic E-state index is 14.6. The molecular formula is C19H25FN2O4. The lowest BCUT2D eigenvalue weighted by molar-refractivity contribution is 0.0217. The van der Waals surface area contributed by atoms with Gasteiger partial charge in [-0.3, -0.25) is 4.90 Å². The number of nitrogens with zero attached hydrogens (tertiary/aromatic N) is 2. The molecule has 3 rings (SSSR count). The molecule has 0 spiro atoms. The molecule has 0 radical (unpaired) electrons. The topological polar surface area (TPSA) is 59.1 Å². The molecule has 1 aromatic carbocycles. The third kappa shape index (κ3) is 3.92. The summed E-state index contributed by atoms with van der Waals surface area (Å²) in [6.07, 6.45) is -1.87. The minimum atomic E-state index is -1.31. The molecule has 142 valence electrons. The number of amides is 2. The summed E-state index contributed by atoms with van der Waals surface area (Å²) < 4.78 is 25.3. The van der Waals surface area contributed by atoms with Crippen molar-refractivity contribution in [1.82, 2.24) is 9.80 Å². The minimum absolute atomic E-state index is 0.0628. The Hall–Kier alpha value is -2.31. The number of ether oxygens (including phenoxy) is 2. The van der Waals surface area contributed by atoms with E-state index in [-0.39, 0.29) is 19.2 Å². The lowest BCUT2D eigenvalue weighted by atomic mass is 10.1. The molecule has 2 saturated heterocycles. The Labute approximate surface area is 152 Å². The molecule has 1 aromatic rings. The van der Waals surface area contributed by atoms with E-state index in [1.54, 1.807) is 20.8 Å². The van der Waals surface area contributed by atoms with Crippen LogP contribution in [0.3, 0.4) is 0 Å². The van der Waals surface area contributed by atoms with E-state index < -0.39 is 30.0 Å². The molecule has 2 aliphatic heterocycles. The number of rotatable bonds is 2. The summed E-state index contributed by atoms with van der Waals surface area (Å²) in [5, 5.41) is 0. The summed E-state index contributed by atoms with van der Waals surface area (Å²) in [5.41, 5.74) is 0.226. The zero-order valence-corrected chi connectivity index (χ0v) is 15.4. The highest BCUT2D eigenvalue weighted by Crippen LogP contribution is 2.35. The number of carbonyl (C=O) groups is 2. The van der Waals surface area contributed by atoms with Crippen molar-refractivity contribution in [3.8, 4) is 0 Å². The van der Waals surface area contributed by atoms with Gasteiger partial charge in [0.05, 0.1) is 18.6 Å². The van der Waals surface area contributed by atoms with Gasteiger partial charge in [-0.1, -0.05) is 30.3 Å². The monoisotopic (exact) mass is 364 g/mol. The fourth-order valence-electron chi connectivity index (χ4n) is 3.55. The molecule has 7 heteroatoms. The molecule has 0 N–H and O–H groups in total. The lowest BCUT2D eigenvalue weighted by Crippen LogP contribution is -2.44. The zero-order chi connectivity index (χ0) is 18.9. The fourth-order valence-corrected chi connectivity index (χ4v) is 3.55. The molecule has 0 aromatic heterocycles. The first-order valence-electron chi connectivity index (χ1n) is 8.87. The van der Waals surface area contributed by atoms with Crippen LogP contribution in [-0.4, -0.2) is 58.9 Å². The molecule has 6 nitrogen and oxygen atoms in total. The van der Waals surface area contributed by atoms with Gasteiger partial charge >= 0.3 is 12.2 Å². The van der Waals surface area contributed by atoms with Crippen molar-refractivity contribution < 1.29 is 23.5 Å². The summed E-state index contributed by atoms with van der Waals surface area (Å²) in [6.45, 7) is 5.75. The first-order valence-corrected chi connectivity index (χ1v) is 8.87. The molecule has 26 heavy (non-hydrogen) atoms. The molecule has 2 fully saturated rings. The van der Waals surface area contributed by atoms with Crippen molar-refractivity contribution in [2.45, 2.75) is 57.7 Å². The Bertz CT molecular complexity index is 661. The largest absolute Gasteiger partial charge is 0.445 e. The third-order valence-corrected chi connectivity index (χ3v) is 4.63. The minimum Gasteiger partial charge on any atom is -0.445 e. The van der Waals surface area contributed by atoms with Crippen LogP contribution in [0.2, 0.25) is 0 Å². The van der Waals surface area contributed by atoms with Crippen LogP contribution in [0.1, 0.15) is 32.8 Å². The number of alkyl halides is 1. The predicted octanol–water partition coefficient (Wildman–Crippen LogP) is 3.35. The average Bonchev–Trinajstić information content (AvgIpc) is 3.14. The SMILES string of the molecule is CC(C)(C)OC(=O)N1CC(F)C2C1CCN2C(=O)OCc1ccccc1. The molecule has 3 atom stereocenters. The van der Waals surface area contributed by atoms with Gasteiger partial charge in [0.1, 0.15) is 18.4 Å². The Morgan fingerprint density at radius 1 is 1.15 bits per heavy atom. The number of halogens is 1.